The molecule has 3 aromatic heterocycles. The molecule has 0 amide bonds. The highest BCUT2D eigenvalue weighted by Gasteiger charge is 2.10. The summed E-state index contributed by atoms with van der Waals surface area (Å²) < 4.78 is 24.7. The van der Waals surface area contributed by atoms with Crippen LogP contribution in [0.25, 0.3) is 22.0 Å². The third-order valence-electron chi connectivity index (χ3n) is 5.09. The Labute approximate surface area is 214 Å². The number of carbonyl (C=O) groups excluding carboxylic acids is 1. The number of rotatable bonds is 8. The van der Waals surface area contributed by atoms with Crippen molar-refractivity contribution in [1.29, 1.82) is 0 Å². The molecule has 0 unspecified atom stereocenters. The summed E-state index contributed by atoms with van der Waals surface area (Å²) >= 11 is 1.40. The summed E-state index contributed by atoms with van der Waals surface area (Å²) in [7, 11) is 3.38. The Bertz CT molecular complexity index is 1460. The zero-order valence-electron chi connectivity index (χ0n) is 19.3. The molecule has 9 nitrogen and oxygen atoms in total. The van der Waals surface area contributed by atoms with Gasteiger partial charge in [0, 0.05) is 47.1 Å². The highest BCUT2D eigenvalue weighted by molar-refractivity contribution is 7.92. The molecule has 0 bridgehead atoms. The van der Waals surface area contributed by atoms with E-state index in [1.807, 2.05) is 42.5 Å². The lowest BCUT2D eigenvalue weighted by Gasteiger charge is -2.09. The van der Waals surface area contributed by atoms with Crippen LogP contribution >= 0.6 is 23.7 Å². The molecule has 0 aliphatic rings. The van der Waals surface area contributed by atoms with Crippen LogP contribution in [-0.4, -0.2) is 44.8 Å². The van der Waals surface area contributed by atoms with Crippen LogP contribution in [0.4, 0.5) is 9.02 Å². The maximum Gasteiger partial charge on any atom is 0.296 e. The molecule has 5 aromatic rings. The second kappa shape index (κ2) is 12.1. The first kappa shape index (κ1) is 25.1. The summed E-state index contributed by atoms with van der Waals surface area (Å²) in [6.07, 6.45) is 5.72. The average molecular weight is 525 g/mol. The van der Waals surface area contributed by atoms with Crippen molar-refractivity contribution in [3.05, 3.63) is 78.2 Å². The molecule has 3 heterocycles. The number of carbonyl (C=O) groups is 1. The number of nitrogens with zero attached hydrogens (tertiary/aromatic N) is 5. The number of nitrogens with one attached hydrogen (secondary N) is 1. The van der Waals surface area contributed by atoms with Crippen LogP contribution in [0, 0.1) is 0 Å². The predicted octanol–water partition coefficient (Wildman–Crippen LogP) is 5.46. The van der Waals surface area contributed by atoms with Crippen LogP contribution in [0.3, 0.4) is 0 Å². The highest BCUT2D eigenvalue weighted by atomic mass is 32.2. The molecular formula is C24H21FN6O3S2. The Morgan fingerprint density at radius 3 is 2.72 bits per heavy atom. The molecule has 184 valence electrons. The molecule has 0 saturated heterocycles. The van der Waals surface area contributed by atoms with Crippen LogP contribution < -0.4 is 14.8 Å². The SMILES string of the molecule is CNc1nnc(OCc2cccc3c2cnn3SF)s1.COc1ccccc1-c1cnccc1C=O. The third-order valence-corrected chi connectivity index (χ3v) is 6.36. The van der Waals surface area contributed by atoms with E-state index in [4.69, 9.17) is 9.47 Å². The van der Waals surface area contributed by atoms with Gasteiger partial charge >= 0.3 is 0 Å². The Morgan fingerprint density at radius 1 is 1.11 bits per heavy atom. The quantitative estimate of drug-likeness (QED) is 0.265. The number of hydrogen-bond donors (Lipinski definition) is 1. The standard InChI is InChI=1S/C13H11NO2.C11H10FN5OS2/c1-16-13-5-3-2-4-11(13)12-8-14-7-6-10(12)9-15;1-13-10-15-16-11(19-10)18-6-7-3-2-4-9-8(7)5-14-17(9)20-12/h2-9H,1H3;2-5H,6H2,1H3,(H,13,15). The first-order valence-corrected chi connectivity index (χ1v) is 12.1. The molecular weight excluding hydrogens is 503 g/mol. The van der Waals surface area contributed by atoms with E-state index >= 15 is 0 Å². The van der Waals surface area contributed by atoms with Crippen molar-refractivity contribution >= 4 is 46.0 Å². The van der Waals surface area contributed by atoms with E-state index in [1.54, 1.807) is 38.8 Å². The van der Waals surface area contributed by atoms with Crippen molar-refractivity contribution in [2.45, 2.75) is 6.61 Å². The van der Waals surface area contributed by atoms with Crippen LogP contribution in [0.1, 0.15) is 15.9 Å². The monoisotopic (exact) mass is 524 g/mol. The number of fused-ring (bicyclic) bond motifs is 1. The molecule has 0 aliphatic heterocycles. The van der Waals surface area contributed by atoms with Gasteiger partial charge in [0.15, 0.2) is 18.6 Å². The van der Waals surface area contributed by atoms with Gasteiger partial charge in [-0.25, -0.2) is 0 Å². The van der Waals surface area contributed by atoms with Crippen molar-refractivity contribution in [2.75, 3.05) is 19.5 Å². The number of halogens is 1. The Kier molecular flexibility index (Phi) is 8.42. The molecule has 5 rings (SSSR count). The lowest BCUT2D eigenvalue weighted by molar-refractivity contribution is 0.112. The van der Waals surface area contributed by atoms with Gasteiger partial charge < -0.3 is 14.8 Å². The minimum Gasteiger partial charge on any atom is -0.496 e. The molecule has 0 saturated carbocycles. The van der Waals surface area contributed by atoms with Crippen molar-refractivity contribution in [1.82, 2.24) is 24.4 Å². The molecule has 36 heavy (non-hydrogen) atoms. The first-order valence-electron chi connectivity index (χ1n) is 10.6. The van der Waals surface area contributed by atoms with E-state index in [9.17, 15) is 8.68 Å². The largest absolute Gasteiger partial charge is 0.496 e. The molecule has 0 radical (unpaired) electrons. The van der Waals surface area contributed by atoms with Crippen molar-refractivity contribution in [2.24, 2.45) is 0 Å². The van der Waals surface area contributed by atoms with E-state index < -0.39 is 0 Å². The lowest BCUT2D eigenvalue weighted by atomic mass is 10.0. The van der Waals surface area contributed by atoms with Gasteiger partial charge in [0.25, 0.3) is 5.19 Å². The first-order chi connectivity index (χ1) is 17.7. The van der Waals surface area contributed by atoms with Crippen LogP contribution in [0.15, 0.2) is 67.1 Å². The minimum absolute atomic E-state index is 0.0706. The lowest BCUT2D eigenvalue weighted by Crippen LogP contribution is -1.95. The van der Waals surface area contributed by atoms with Crippen LogP contribution in [0.5, 0.6) is 10.9 Å². The number of pyridine rings is 1. The summed E-state index contributed by atoms with van der Waals surface area (Å²) in [5.41, 5.74) is 3.91. The second-order valence-electron chi connectivity index (χ2n) is 7.13. The molecule has 0 spiro atoms. The summed E-state index contributed by atoms with van der Waals surface area (Å²) in [5, 5.41) is 16.7. The van der Waals surface area contributed by atoms with Crippen molar-refractivity contribution < 1.29 is 18.2 Å². The van der Waals surface area contributed by atoms with Crippen molar-refractivity contribution in [3.63, 3.8) is 0 Å². The fourth-order valence-electron chi connectivity index (χ4n) is 3.38. The number of aromatic nitrogens is 5. The normalized spacial score (nSPS) is 10.4. The second-order valence-corrected chi connectivity index (χ2v) is 8.55. The fraction of sp³-hybridized carbons (Fsp3) is 0.125. The smallest absolute Gasteiger partial charge is 0.296 e. The molecule has 0 fully saturated rings. The number of methoxy groups -OCH3 is 1. The number of hydrogen-bond acceptors (Lipinski definition) is 10. The Balaban J connectivity index is 0.000000174. The van der Waals surface area contributed by atoms with Crippen LogP contribution in [-0.2, 0) is 6.61 Å². The molecule has 12 heteroatoms. The molecule has 2 aromatic carbocycles. The number of benzene rings is 2. The van der Waals surface area contributed by atoms with Gasteiger partial charge in [0.1, 0.15) is 12.4 Å². The predicted molar refractivity (Wildman–Crippen MR) is 139 cm³/mol. The highest BCUT2D eigenvalue weighted by Crippen LogP contribution is 2.30. The summed E-state index contributed by atoms with van der Waals surface area (Å²) in [6.45, 7) is 0.332. The van der Waals surface area contributed by atoms with Gasteiger partial charge in [-0.05, 0) is 29.5 Å². The maximum atomic E-state index is 12.7. The van der Waals surface area contributed by atoms with Gasteiger partial charge in [-0.1, -0.05) is 35.4 Å². The molecule has 0 atom stereocenters. The van der Waals surface area contributed by atoms with E-state index in [-0.39, 0.29) is 12.3 Å². The van der Waals surface area contributed by atoms with E-state index in [0.29, 0.717) is 28.0 Å². The summed E-state index contributed by atoms with van der Waals surface area (Å²) in [4.78, 5) is 15.0. The number of aldehydes is 1. The number of ether oxygens (including phenoxy) is 2. The average Bonchev–Trinajstić information content (AvgIpc) is 3.59. The van der Waals surface area contributed by atoms with E-state index in [1.165, 1.54) is 15.4 Å². The minimum atomic E-state index is 0.0706. The Hall–Kier alpha value is -4.03. The van der Waals surface area contributed by atoms with Gasteiger partial charge in [-0.15, -0.1) is 8.98 Å². The van der Waals surface area contributed by atoms with Crippen molar-refractivity contribution in [3.8, 4) is 22.1 Å². The fourth-order valence-corrected chi connectivity index (χ4v) is 4.24. The van der Waals surface area contributed by atoms with Gasteiger partial charge in [0.05, 0.1) is 18.8 Å². The summed E-state index contributed by atoms with van der Waals surface area (Å²) in [6, 6.07) is 14.8. The zero-order chi connectivity index (χ0) is 25.3. The van der Waals surface area contributed by atoms with Crippen LogP contribution in [0.2, 0.25) is 0 Å². The van der Waals surface area contributed by atoms with Gasteiger partial charge in [-0.2, -0.15) is 9.19 Å². The number of para-hydroxylation sites is 1. The maximum absolute atomic E-state index is 12.7. The van der Waals surface area contributed by atoms with Gasteiger partial charge in [-0.3, -0.25) is 9.78 Å². The zero-order valence-corrected chi connectivity index (χ0v) is 20.9. The third kappa shape index (κ3) is 5.61. The van der Waals surface area contributed by atoms with E-state index in [0.717, 1.165) is 34.1 Å². The topological polar surface area (TPSA) is 104 Å². The summed E-state index contributed by atoms with van der Waals surface area (Å²) in [5.74, 6) is 0.735. The Morgan fingerprint density at radius 2 is 1.97 bits per heavy atom. The van der Waals surface area contributed by atoms with Gasteiger partial charge in [0.2, 0.25) is 5.13 Å². The molecule has 1 N–H and O–H groups in total. The molecule has 0 aliphatic carbocycles. The van der Waals surface area contributed by atoms with E-state index in [2.05, 4.69) is 25.6 Å². The number of anilines is 1.